The number of nitrogens with one attached hydrogen (secondary N) is 1. The first-order valence-corrected chi connectivity index (χ1v) is 8.10. The molecule has 6 nitrogen and oxygen atoms in total. The predicted molar refractivity (Wildman–Crippen MR) is 86.5 cm³/mol. The smallest absolute Gasteiger partial charge is 0.391 e. The minimum Gasteiger partial charge on any atom is -0.480 e. The van der Waals surface area contributed by atoms with Crippen LogP contribution in [-0.4, -0.2) is 41.7 Å². The number of hydrogen-bond acceptors (Lipinski definition) is 3. The fourth-order valence-corrected chi connectivity index (χ4v) is 2.91. The van der Waals surface area contributed by atoms with Gasteiger partial charge in [-0.25, -0.2) is 4.79 Å². The van der Waals surface area contributed by atoms with Crippen LogP contribution in [0, 0.1) is 5.92 Å². The molecule has 0 aromatic heterocycles. The molecular weight excluding hydrogens is 353 g/mol. The first-order chi connectivity index (χ1) is 12.1. The highest BCUT2D eigenvalue weighted by Crippen LogP contribution is 2.29. The van der Waals surface area contributed by atoms with Crippen LogP contribution in [-0.2, 0) is 20.8 Å². The molecule has 0 spiro atoms. The molecule has 2 rings (SSSR count). The van der Waals surface area contributed by atoms with E-state index in [-0.39, 0.29) is 18.9 Å². The summed E-state index contributed by atoms with van der Waals surface area (Å²) in [7, 11) is 0. The molecule has 2 N–H and O–H groups in total. The fraction of sp³-hybridized carbons (Fsp3) is 0.471. The molecule has 0 radical (unpaired) electrons. The Morgan fingerprint density at radius 1 is 1.35 bits per heavy atom. The molecule has 2 unspecified atom stereocenters. The highest BCUT2D eigenvalue weighted by Gasteiger charge is 2.40. The maximum Gasteiger partial charge on any atom is 0.391 e. The van der Waals surface area contributed by atoms with Crippen LogP contribution in [0.15, 0.2) is 24.3 Å². The molecule has 1 aromatic rings. The Morgan fingerprint density at radius 2 is 2.00 bits per heavy atom. The Hall–Kier alpha value is -2.58. The molecule has 1 aromatic carbocycles. The minimum absolute atomic E-state index is 0.0000366. The summed E-state index contributed by atoms with van der Waals surface area (Å²) in [6.07, 6.45) is -5.91. The van der Waals surface area contributed by atoms with Crippen molar-refractivity contribution in [3.63, 3.8) is 0 Å². The lowest BCUT2D eigenvalue weighted by molar-refractivity contribution is -0.160. The predicted octanol–water partition coefficient (Wildman–Crippen LogP) is 2.12. The zero-order valence-corrected chi connectivity index (χ0v) is 14.0. The van der Waals surface area contributed by atoms with E-state index in [1.165, 1.54) is 4.90 Å². The van der Waals surface area contributed by atoms with Gasteiger partial charge in [0, 0.05) is 18.7 Å². The molecule has 0 bridgehead atoms. The van der Waals surface area contributed by atoms with Crippen molar-refractivity contribution in [2.24, 2.45) is 5.92 Å². The van der Waals surface area contributed by atoms with E-state index in [1.54, 1.807) is 12.1 Å². The van der Waals surface area contributed by atoms with Gasteiger partial charge in [-0.15, -0.1) is 0 Å². The van der Waals surface area contributed by atoms with Crippen molar-refractivity contribution in [2.45, 2.75) is 38.4 Å². The van der Waals surface area contributed by atoms with Crippen LogP contribution in [0.4, 0.5) is 18.9 Å². The minimum atomic E-state index is -4.73. The Kier molecular flexibility index (Phi) is 5.89. The van der Waals surface area contributed by atoms with Crippen LogP contribution in [0.25, 0.3) is 0 Å². The molecule has 1 aliphatic rings. The zero-order valence-electron chi connectivity index (χ0n) is 14.0. The zero-order chi connectivity index (χ0) is 19.5. The van der Waals surface area contributed by atoms with E-state index < -0.39 is 36.4 Å². The summed E-state index contributed by atoms with van der Waals surface area (Å²) < 4.78 is 37.3. The lowest BCUT2D eigenvalue weighted by Gasteiger charge is -2.21. The van der Waals surface area contributed by atoms with Gasteiger partial charge in [0.15, 0.2) is 0 Å². The number of carbonyl (C=O) groups is 3. The molecule has 2 amide bonds. The van der Waals surface area contributed by atoms with E-state index >= 15 is 0 Å². The van der Waals surface area contributed by atoms with Gasteiger partial charge < -0.3 is 15.3 Å². The number of benzene rings is 1. The van der Waals surface area contributed by atoms with Gasteiger partial charge in [0.1, 0.15) is 6.04 Å². The molecule has 0 saturated carbocycles. The maximum absolute atomic E-state index is 12.4. The number of anilines is 1. The van der Waals surface area contributed by atoms with Crippen LogP contribution in [0.1, 0.15) is 25.3 Å². The largest absolute Gasteiger partial charge is 0.480 e. The molecule has 1 saturated heterocycles. The van der Waals surface area contributed by atoms with Crippen molar-refractivity contribution in [2.75, 3.05) is 11.4 Å². The number of hydrogen-bond donors (Lipinski definition) is 2. The highest BCUT2D eigenvalue weighted by atomic mass is 19.4. The monoisotopic (exact) mass is 372 g/mol. The fourth-order valence-electron chi connectivity index (χ4n) is 2.91. The van der Waals surface area contributed by atoms with Crippen LogP contribution in [0.3, 0.4) is 0 Å². The summed E-state index contributed by atoms with van der Waals surface area (Å²) in [5.41, 5.74) is 1.56. The lowest BCUT2D eigenvalue weighted by Crippen LogP contribution is -2.46. The van der Waals surface area contributed by atoms with Gasteiger partial charge in [0.05, 0.1) is 12.3 Å². The molecule has 1 aliphatic heterocycles. The van der Waals surface area contributed by atoms with E-state index in [2.05, 4.69) is 0 Å². The van der Waals surface area contributed by atoms with E-state index in [0.29, 0.717) is 12.1 Å². The van der Waals surface area contributed by atoms with E-state index in [1.807, 2.05) is 24.4 Å². The third kappa shape index (κ3) is 4.74. The quantitative estimate of drug-likeness (QED) is 0.801. The van der Waals surface area contributed by atoms with Crippen LogP contribution >= 0.6 is 0 Å². The van der Waals surface area contributed by atoms with E-state index in [0.717, 1.165) is 5.56 Å². The number of nitrogens with zero attached hydrogens (tertiary/aromatic N) is 1. The topological polar surface area (TPSA) is 86.7 Å². The van der Waals surface area contributed by atoms with Gasteiger partial charge in [0.25, 0.3) is 0 Å². The molecular formula is C17H19F3N2O4. The van der Waals surface area contributed by atoms with Gasteiger partial charge in [0.2, 0.25) is 11.8 Å². The van der Waals surface area contributed by atoms with Gasteiger partial charge in [-0.1, -0.05) is 25.1 Å². The number of carboxylic acid groups (broad SMARTS) is 1. The maximum atomic E-state index is 12.4. The van der Waals surface area contributed by atoms with Crippen molar-refractivity contribution in [1.82, 2.24) is 5.32 Å². The second-order valence-corrected chi connectivity index (χ2v) is 6.11. The first kappa shape index (κ1) is 19.7. The number of alkyl halides is 3. The molecule has 0 aliphatic carbocycles. The number of rotatable bonds is 6. The summed E-state index contributed by atoms with van der Waals surface area (Å²) >= 11 is 0. The molecule has 26 heavy (non-hydrogen) atoms. The average Bonchev–Trinajstić information content (AvgIpc) is 2.94. The van der Waals surface area contributed by atoms with E-state index in [4.69, 9.17) is 5.11 Å². The van der Waals surface area contributed by atoms with Gasteiger partial charge in [-0.2, -0.15) is 13.2 Å². The lowest BCUT2D eigenvalue weighted by atomic mass is 10.1. The summed E-state index contributed by atoms with van der Waals surface area (Å²) in [6.45, 7) is 1.91. The number of para-hydroxylation sites is 1. The van der Waals surface area contributed by atoms with Crippen molar-refractivity contribution < 1.29 is 32.7 Å². The third-order valence-electron chi connectivity index (χ3n) is 4.21. The Balaban J connectivity index is 2.09. The van der Waals surface area contributed by atoms with Crippen molar-refractivity contribution in [3.05, 3.63) is 29.8 Å². The number of halogens is 3. The number of carbonyl (C=O) groups excluding carboxylic acids is 2. The van der Waals surface area contributed by atoms with Crippen molar-refractivity contribution >= 4 is 23.5 Å². The summed E-state index contributed by atoms with van der Waals surface area (Å²) in [5, 5.41) is 10.8. The molecule has 9 heteroatoms. The summed E-state index contributed by atoms with van der Waals surface area (Å²) in [4.78, 5) is 36.8. The van der Waals surface area contributed by atoms with Gasteiger partial charge >= 0.3 is 12.1 Å². The molecule has 142 valence electrons. The average molecular weight is 372 g/mol. The summed E-state index contributed by atoms with van der Waals surface area (Å²) in [6, 6.07) is 5.08. The molecule has 2 atom stereocenters. The molecule has 1 fully saturated rings. The number of amides is 2. The second-order valence-electron chi connectivity index (χ2n) is 6.11. The third-order valence-corrected chi connectivity index (χ3v) is 4.21. The second kappa shape index (κ2) is 7.76. The van der Waals surface area contributed by atoms with Crippen molar-refractivity contribution in [1.29, 1.82) is 0 Å². The first-order valence-electron chi connectivity index (χ1n) is 8.10. The van der Waals surface area contributed by atoms with Gasteiger partial charge in [-0.3, -0.25) is 9.59 Å². The normalized spacial score (nSPS) is 18.7. The van der Waals surface area contributed by atoms with Gasteiger partial charge in [-0.05, 0) is 18.1 Å². The van der Waals surface area contributed by atoms with Crippen LogP contribution in [0.2, 0.25) is 0 Å². The number of aliphatic carboxylic acids is 1. The van der Waals surface area contributed by atoms with Crippen molar-refractivity contribution in [3.8, 4) is 0 Å². The molecule has 1 heterocycles. The Morgan fingerprint density at radius 3 is 2.58 bits per heavy atom. The van der Waals surface area contributed by atoms with Crippen LogP contribution in [0.5, 0.6) is 0 Å². The van der Waals surface area contributed by atoms with Crippen LogP contribution < -0.4 is 10.2 Å². The number of aryl methyl sites for hydroxylation is 1. The Labute approximate surface area is 148 Å². The Bertz CT molecular complexity index is 705. The summed E-state index contributed by atoms with van der Waals surface area (Å²) in [5.74, 6) is -3.86. The highest BCUT2D eigenvalue weighted by molar-refractivity contribution is 6.01. The van der Waals surface area contributed by atoms with E-state index in [9.17, 15) is 27.6 Å². The standard InChI is InChI=1S/C17H19F3N2O4/c1-2-10-5-3-4-6-13(10)22-9-11(7-14(22)23)15(24)21-12(16(25)26)8-17(18,19)20/h3-6,11-12H,2,7-9H2,1H3,(H,21,24)(H,25,26). The SMILES string of the molecule is CCc1ccccc1N1CC(C(=O)NC(CC(F)(F)F)C(=O)O)CC1=O. The number of carboxylic acids is 1.